The lowest BCUT2D eigenvalue weighted by Crippen LogP contribution is -2.31. The fourth-order valence-corrected chi connectivity index (χ4v) is 5.39. The number of amides is 1. The molecule has 1 fully saturated rings. The molecular formula is C20H18N4OS2. The first kappa shape index (κ1) is 16.6. The largest absolute Gasteiger partial charge is 0.340 e. The first-order valence-corrected chi connectivity index (χ1v) is 10.7. The Balaban J connectivity index is 1.47. The van der Waals surface area contributed by atoms with E-state index in [4.69, 9.17) is 4.98 Å². The van der Waals surface area contributed by atoms with Gasteiger partial charge in [0.05, 0.1) is 22.8 Å². The van der Waals surface area contributed by atoms with Crippen molar-refractivity contribution in [2.24, 2.45) is 0 Å². The summed E-state index contributed by atoms with van der Waals surface area (Å²) in [5, 5.41) is 5.02. The molecular weight excluding hydrogens is 376 g/mol. The zero-order chi connectivity index (χ0) is 18.4. The first-order valence-electron chi connectivity index (χ1n) is 8.96. The van der Waals surface area contributed by atoms with Crippen molar-refractivity contribution in [2.45, 2.75) is 25.8 Å². The molecule has 1 atom stereocenters. The number of nitrogens with zero attached hydrogens (tertiary/aromatic N) is 3. The lowest BCUT2D eigenvalue weighted by atomic mass is 10.2. The highest BCUT2D eigenvalue weighted by atomic mass is 32.1. The van der Waals surface area contributed by atoms with E-state index in [0.717, 1.165) is 57.4 Å². The van der Waals surface area contributed by atoms with Gasteiger partial charge in [-0.15, -0.1) is 11.3 Å². The third-order valence-electron chi connectivity index (χ3n) is 5.00. The van der Waals surface area contributed by atoms with E-state index in [1.165, 1.54) is 11.3 Å². The van der Waals surface area contributed by atoms with Gasteiger partial charge in [-0.3, -0.25) is 4.79 Å². The van der Waals surface area contributed by atoms with Crippen LogP contribution in [0.2, 0.25) is 0 Å². The number of aromatic nitrogens is 3. The van der Waals surface area contributed by atoms with Crippen LogP contribution in [0.1, 0.15) is 40.1 Å². The molecule has 1 aliphatic heterocycles. The second kappa shape index (κ2) is 6.58. The zero-order valence-electron chi connectivity index (χ0n) is 14.8. The molecule has 1 N–H and O–H groups in total. The maximum atomic E-state index is 13.3. The lowest BCUT2D eigenvalue weighted by Gasteiger charge is -2.22. The van der Waals surface area contributed by atoms with E-state index in [1.54, 1.807) is 11.3 Å². The Labute approximate surface area is 164 Å². The number of fused-ring (bicyclic) bond motifs is 1. The van der Waals surface area contributed by atoms with Crippen molar-refractivity contribution in [1.82, 2.24) is 19.9 Å². The number of carbonyl (C=O) groups excluding carboxylic acids is 1. The van der Waals surface area contributed by atoms with Crippen molar-refractivity contribution in [1.29, 1.82) is 0 Å². The highest BCUT2D eigenvalue weighted by Crippen LogP contribution is 2.36. The smallest absolute Gasteiger partial charge is 0.266 e. The Kier molecular flexibility index (Phi) is 4.06. The summed E-state index contributed by atoms with van der Waals surface area (Å²) < 4.78 is 0. The van der Waals surface area contributed by atoms with Crippen molar-refractivity contribution in [3.8, 4) is 10.6 Å². The third kappa shape index (κ3) is 2.87. The predicted molar refractivity (Wildman–Crippen MR) is 109 cm³/mol. The van der Waals surface area contributed by atoms with Gasteiger partial charge < -0.3 is 9.88 Å². The molecule has 1 amide bonds. The summed E-state index contributed by atoms with van der Waals surface area (Å²) in [6.07, 6.45) is 1.92. The number of hydrogen-bond acceptors (Lipinski definition) is 5. The summed E-state index contributed by atoms with van der Waals surface area (Å²) in [5.41, 5.74) is 3.85. The summed E-state index contributed by atoms with van der Waals surface area (Å²) in [6.45, 7) is 2.68. The number of aryl methyl sites for hydroxylation is 1. The number of thiophene rings is 1. The van der Waals surface area contributed by atoms with Gasteiger partial charge in [0.15, 0.2) is 0 Å². The van der Waals surface area contributed by atoms with Crippen LogP contribution in [0, 0.1) is 6.92 Å². The van der Waals surface area contributed by atoms with Crippen molar-refractivity contribution >= 4 is 39.6 Å². The number of aromatic amines is 1. The number of nitrogens with one attached hydrogen (secondary N) is 1. The number of likely N-dealkylation sites (tertiary alicyclic amines) is 1. The molecule has 3 aromatic heterocycles. The number of thiazole rings is 1. The fraction of sp³-hybridized carbons (Fsp3) is 0.250. The van der Waals surface area contributed by atoms with Crippen LogP contribution in [0.5, 0.6) is 0 Å². The minimum atomic E-state index is -0.00371. The molecule has 5 nitrogen and oxygen atoms in total. The summed E-state index contributed by atoms with van der Waals surface area (Å²) in [6, 6.07) is 10.0. The van der Waals surface area contributed by atoms with Crippen molar-refractivity contribution in [2.75, 3.05) is 6.54 Å². The van der Waals surface area contributed by atoms with Crippen molar-refractivity contribution in [3.63, 3.8) is 0 Å². The van der Waals surface area contributed by atoms with E-state index in [0.29, 0.717) is 0 Å². The van der Waals surface area contributed by atoms with E-state index in [9.17, 15) is 4.79 Å². The lowest BCUT2D eigenvalue weighted by molar-refractivity contribution is 0.0734. The number of benzene rings is 1. The number of imidazole rings is 1. The minimum absolute atomic E-state index is 0.00371. The van der Waals surface area contributed by atoms with E-state index < -0.39 is 0 Å². The molecule has 5 rings (SSSR count). The topological polar surface area (TPSA) is 61.9 Å². The van der Waals surface area contributed by atoms with Gasteiger partial charge in [0.2, 0.25) is 0 Å². The van der Waals surface area contributed by atoms with Crippen molar-refractivity contribution in [3.05, 3.63) is 57.5 Å². The average Bonchev–Trinajstić information content (AvgIpc) is 3.45. The molecule has 1 aromatic carbocycles. The highest BCUT2D eigenvalue weighted by molar-refractivity contribution is 7.17. The number of H-pyrrole nitrogens is 1. The van der Waals surface area contributed by atoms with Gasteiger partial charge in [-0.25, -0.2) is 9.97 Å². The van der Waals surface area contributed by atoms with Gasteiger partial charge in [0.1, 0.15) is 15.7 Å². The normalized spacial score (nSPS) is 17.1. The number of hydrogen-bond donors (Lipinski definition) is 1. The molecule has 0 saturated carbocycles. The van der Waals surface area contributed by atoms with Crippen LogP contribution in [-0.2, 0) is 0 Å². The number of rotatable bonds is 3. The van der Waals surface area contributed by atoms with Crippen LogP contribution in [0.3, 0.4) is 0 Å². The molecule has 0 radical (unpaired) electrons. The minimum Gasteiger partial charge on any atom is -0.340 e. The molecule has 27 heavy (non-hydrogen) atoms. The molecule has 0 unspecified atom stereocenters. The molecule has 4 aromatic rings. The fourth-order valence-electron chi connectivity index (χ4n) is 3.66. The molecule has 1 aliphatic rings. The van der Waals surface area contributed by atoms with E-state index in [1.807, 2.05) is 47.5 Å². The number of para-hydroxylation sites is 2. The molecule has 136 valence electrons. The van der Waals surface area contributed by atoms with Gasteiger partial charge in [-0.05, 0) is 43.3 Å². The third-order valence-corrected chi connectivity index (χ3v) is 6.87. The maximum absolute atomic E-state index is 13.3. The second-order valence-corrected chi connectivity index (χ2v) is 8.52. The summed E-state index contributed by atoms with van der Waals surface area (Å²) in [7, 11) is 0. The first-order chi connectivity index (χ1) is 13.2. The highest BCUT2D eigenvalue weighted by Gasteiger charge is 2.34. The Morgan fingerprint density at radius 2 is 2.15 bits per heavy atom. The molecule has 0 spiro atoms. The van der Waals surface area contributed by atoms with Gasteiger partial charge in [-0.2, -0.15) is 11.3 Å². The van der Waals surface area contributed by atoms with Crippen LogP contribution in [0.15, 0.2) is 41.1 Å². The monoisotopic (exact) mass is 394 g/mol. The van der Waals surface area contributed by atoms with Gasteiger partial charge >= 0.3 is 0 Å². The number of carbonyl (C=O) groups is 1. The van der Waals surface area contributed by atoms with Crippen LogP contribution >= 0.6 is 22.7 Å². The Morgan fingerprint density at radius 3 is 2.96 bits per heavy atom. The van der Waals surface area contributed by atoms with Gasteiger partial charge in [0, 0.05) is 17.5 Å². The molecule has 0 bridgehead atoms. The maximum Gasteiger partial charge on any atom is 0.266 e. The van der Waals surface area contributed by atoms with Gasteiger partial charge in [0.25, 0.3) is 5.91 Å². The van der Waals surface area contributed by atoms with Crippen LogP contribution in [0.4, 0.5) is 0 Å². The standard InChI is InChI=1S/C20H18N4OS2/c1-12-17(27-19(21-12)13-8-10-26-11-13)20(25)24-9-4-7-16(24)18-22-14-5-2-3-6-15(14)23-18/h2-3,5-6,8,10-11,16H,4,7,9H2,1H3,(H,22,23)/t16-/m1/s1. The van der Waals surface area contributed by atoms with Gasteiger partial charge in [-0.1, -0.05) is 12.1 Å². The summed E-state index contributed by atoms with van der Waals surface area (Å²) >= 11 is 3.13. The quantitative estimate of drug-likeness (QED) is 0.530. The zero-order valence-corrected chi connectivity index (χ0v) is 16.4. The second-order valence-electron chi connectivity index (χ2n) is 6.74. The summed E-state index contributed by atoms with van der Waals surface area (Å²) in [5.74, 6) is 0.941. The average molecular weight is 395 g/mol. The Bertz CT molecular complexity index is 1080. The Morgan fingerprint density at radius 1 is 1.26 bits per heavy atom. The van der Waals surface area contributed by atoms with E-state index in [-0.39, 0.29) is 11.9 Å². The van der Waals surface area contributed by atoms with Crippen LogP contribution in [-0.4, -0.2) is 32.3 Å². The van der Waals surface area contributed by atoms with E-state index >= 15 is 0 Å². The molecule has 1 saturated heterocycles. The van der Waals surface area contributed by atoms with Crippen molar-refractivity contribution < 1.29 is 4.79 Å². The summed E-state index contributed by atoms with van der Waals surface area (Å²) in [4.78, 5) is 28.8. The molecule has 0 aliphatic carbocycles. The Hall–Kier alpha value is -2.51. The molecule has 7 heteroatoms. The SMILES string of the molecule is Cc1nc(-c2ccsc2)sc1C(=O)N1CCC[C@@H]1c1nc2ccccc2[nH]1. The predicted octanol–water partition coefficient (Wildman–Crippen LogP) is 5.03. The van der Waals surface area contributed by atoms with Crippen LogP contribution in [0.25, 0.3) is 21.6 Å². The van der Waals surface area contributed by atoms with Crippen LogP contribution < -0.4 is 0 Å². The molecule has 4 heterocycles. The van der Waals surface area contributed by atoms with E-state index in [2.05, 4.69) is 15.3 Å².